The molecule has 5 heteroatoms. The van der Waals surface area contributed by atoms with E-state index in [4.69, 9.17) is 0 Å². The molecule has 1 aromatic rings. The average molecular weight is 240 g/mol. The lowest BCUT2D eigenvalue weighted by Gasteiger charge is -2.28. The Balaban J connectivity index is 1.79. The highest BCUT2D eigenvalue weighted by molar-refractivity contribution is 7.99. The lowest BCUT2D eigenvalue weighted by molar-refractivity contribution is 0.375. The van der Waals surface area contributed by atoms with Crippen molar-refractivity contribution in [2.24, 2.45) is 7.05 Å². The highest BCUT2D eigenvalue weighted by atomic mass is 32.2. The SMILES string of the molecule is CSC1CCCC(NCc2nncn2C)C1. The summed E-state index contributed by atoms with van der Waals surface area (Å²) in [4.78, 5) is 0. The van der Waals surface area contributed by atoms with Gasteiger partial charge in [0.05, 0.1) is 6.54 Å². The van der Waals surface area contributed by atoms with E-state index in [-0.39, 0.29) is 0 Å². The van der Waals surface area contributed by atoms with Crippen LogP contribution in [0.15, 0.2) is 6.33 Å². The predicted molar refractivity (Wildman–Crippen MR) is 67.4 cm³/mol. The van der Waals surface area contributed by atoms with Gasteiger partial charge in [0.15, 0.2) is 0 Å². The number of hydrogen-bond donors (Lipinski definition) is 1. The van der Waals surface area contributed by atoms with Gasteiger partial charge < -0.3 is 9.88 Å². The molecule has 0 amide bonds. The molecular formula is C11H20N4S. The van der Waals surface area contributed by atoms with E-state index < -0.39 is 0 Å². The normalized spacial score (nSPS) is 25.9. The summed E-state index contributed by atoms with van der Waals surface area (Å²) in [6.45, 7) is 0.836. The second kappa shape index (κ2) is 5.68. The van der Waals surface area contributed by atoms with Crippen molar-refractivity contribution in [1.82, 2.24) is 20.1 Å². The van der Waals surface area contributed by atoms with Gasteiger partial charge in [-0.25, -0.2) is 0 Å². The quantitative estimate of drug-likeness (QED) is 0.867. The Kier molecular flexibility index (Phi) is 4.23. The van der Waals surface area contributed by atoms with E-state index in [1.165, 1.54) is 25.7 Å². The second-order valence-electron chi connectivity index (χ2n) is 4.46. The van der Waals surface area contributed by atoms with E-state index in [0.29, 0.717) is 6.04 Å². The van der Waals surface area contributed by atoms with Crippen molar-refractivity contribution in [2.75, 3.05) is 6.26 Å². The van der Waals surface area contributed by atoms with Crippen LogP contribution in [0.2, 0.25) is 0 Å². The van der Waals surface area contributed by atoms with E-state index in [2.05, 4.69) is 21.8 Å². The van der Waals surface area contributed by atoms with Crippen LogP contribution < -0.4 is 5.32 Å². The molecule has 16 heavy (non-hydrogen) atoms. The maximum absolute atomic E-state index is 4.08. The summed E-state index contributed by atoms with van der Waals surface area (Å²) in [6, 6.07) is 0.655. The van der Waals surface area contributed by atoms with Crippen LogP contribution in [0.4, 0.5) is 0 Å². The van der Waals surface area contributed by atoms with Crippen LogP contribution in [0.5, 0.6) is 0 Å². The van der Waals surface area contributed by atoms with E-state index in [1.54, 1.807) is 6.33 Å². The van der Waals surface area contributed by atoms with Crippen LogP contribution >= 0.6 is 11.8 Å². The van der Waals surface area contributed by atoms with Crippen molar-refractivity contribution < 1.29 is 0 Å². The van der Waals surface area contributed by atoms with Crippen LogP contribution in [0.3, 0.4) is 0 Å². The lowest BCUT2D eigenvalue weighted by atomic mass is 9.95. The van der Waals surface area contributed by atoms with Crippen molar-refractivity contribution >= 4 is 11.8 Å². The molecule has 0 spiro atoms. The molecule has 1 heterocycles. The molecule has 0 radical (unpaired) electrons. The first-order chi connectivity index (χ1) is 7.79. The molecule has 1 aliphatic carbocycles. The maximum Gasteiger partial charge on any atom is 0.146 e. The zero-order valence-electron chi connectivity index (χ0n) is 10.0. The fourth-order valence-electron chi connectivity index (χ4n) is 2.25. The van der Waals surface area contributed by atoms with Gasteiger partial charge in [0, 0.05) is 18.3 Å². The van der Waals surface area contributed by atoms with Gasteiger partial charge in [0.1, 0.15) is 12.2 Å². The minimum atomic E-state index is 0.655. The molecule has 2 rings (SSSR count). The Bertz CT molecular complexity index is 326. The van der Waals surface area contributed by atoms with Gasteiger partial charge in [-0.2, -0.15) is 11.8 Å². The van der Waals surface area contributed by atoms with Gasteiger partial charge in [-0.3, -0.25) is 0 Å². The Morgan fingerprint density at radius 3 is 3.12 bits per heavy atom. The molecule has 2 atom stereocenters. The summed E-state index contributed by atoms with van der Waals surface area (Å²) in [5, 5.41) is 12.4. The maximum atomic E-state index is 4.08. The van der Waals surface area contributed by atoms with Crippen LogP contribution in [0.1, 0.15) is 31.5 Å². The summed E-state index contributed by atoms with van der Waals surface area (Å²) in [5.74, 6) is 1.02. The molecule has 1 aromatic heterocycles. The molecule has 0 aliphatic heterocycles. The molecule has 0 bridgehead atoms. The largest absolute Gasteiger partial charge is 0.320 e. The van der Waals surface area contributed by atoms with E-state index >= 15 is 0 Å². The van der Waals surface area contributed by atoms with Gasteiger partial charge in [0.2, 0.25) is 0 Å². The third-order valence-electron chi connectivity index (χ3n) is 3.31. The number of aryl methyl sites for hydroxylation is 1. The lowest BCUT2D eigenvalue weighted by Crippen LogP contribution is -2.35. The van der Waals surface area contributed by atoms with Gasteiger partial charge in [0.25, 0.3) is 0 Å². The molecule has 0 saturated heterocycles. The summed E-state index contributed by atoms with van der Waals surface area (Å²) in [6.07, 6.45) is 9.29. The Morgan fingerprint density at radius 2 is 2.44 bits per heavy atom. The highest BCUT2D eigenvalue weighted by Crippen LogP contribution is 2.26. The summed E-state index contributed by atoms with van der Waals surface area (Å²) in [5.41, 5.74) is 0. The number of thioether (sulfide) groups is 1. The number of nitrogens with one attached hydrogen (secondary N) is 1. The van der Waals surface area contributed by atoms with Gasteiger partial charge in [-0.05, 0) is 25.5 Å². The smallest absolute Gasteiger partial charge is 0.146 e. The highest BCUT2D eigenvalue weighted by Gasteiger charge is 2.20. The monoisotopic (exact) mass is 240 g/mol. The predicted octanol–water partition coefficient (Wildman–Crippen LogP) is 1.58. The average Bonchev–Trinajstić information content (AvgIpc) is 2.72. The van der Waals surface area contributed by atoms with E-state index in [1.807, 2.05) is 23.4 Å². The number of aromatic nitrogens is 3. The van der Waals surface area contributed by atoms with E-state index in [0.717, 1.165) is 17.6 Å². The van der Waals surface area contributed by atoms with Gasteiger partial charge in [-0.15, -0.1) is 10.2 Å². The molecule has 1 saturated carbocycles. The van der Waals surface area contributed by atoms with Gasteiger partial charge in [-0.1, -0.05) is 6.42 Å². The first kappa shape index (κ1) is 11.9. The third kappa shape index (κ3) is 2.98. The minimum absolute atomic E-state index is 0.655. The first-order valence-corrected chi connectivity index (χ1v) is 7.17. The zero-order chi connectivity index (χ0) is 11.4. The number of rotatable bonds is 4. The zero-order valence-corrected chi connectivity index (χ0v) is 10.8. The number of nitrogens with zero attached hydrogens (tertiary/aromatic N) is 3. The van der Waals surface area contributed by atoms with Crippen LogP contribution in [0, 0.1) is 0 Å². The Labute approximate surface area is 101 Å². The standard InChI is InChI=1S/C11H20N4S/c1-15-8-13-14-11(15)7-12-9-4-3-5-10(6-9)16-2/h8-10,12H,3-7H2,1-2H3. The van der Waals surface area contributed by atoms with Crippen molar-refractivity contribution in [3.63, 3.8) is 0 Å². The third-order valence-corrected chi connectivity index (χ3v) is 4.41. The van der Waals surface area contributed by atoms with Crippen molar-refractivity contribution in [3.8, 4) is 0 Å². The first-order valence-electron chi connectivity index (χ1n) is 5.88. The molecular weight excluding hydrogens is 220 g/mol. The Morgan fingerprint density at radius 1 is 1.56 bits per heavy atom. The molecule has 1 N–H and O–H groups in total. The van der Waals surface area contributed by atoms with Crippen LogP contribution in [-0.4, -0.2) is 32.3 Å². The minimum Gasteiger partial charge on any atom is -0.320 e. The Hall–Kier alpha value is -0.550. The van der Waals surface area contributed by atoms with Gasteiger partial charge >= 0.3 is 0 Å². The summed E-state index contributed by atoms with van der Waals surface area (Å²) >= 11 is 2.00. The van der Waals surface area contributed by atoms with Crippen molar-refractivity contribution in [1.29, 1.82) is 0 Å². The molecule has 90 valence electrons. The summed E-state index contributed by atoms with van der Waals surface area (Å²) in [7, 11) is 1.99. The molecule has 1 fully saturated rings. The van der Waals surface area contributed by atoms with Crippen molar-refractivity contribution in [2.45, 2.75) is 43.5 Å². The fourth-order valence-corrected chi connectivity index (χ4v) is 3.07. The summed E-state index contributed by atoms with van der Waals surface area (Å²) < 4.78 is 1.97. The van der Waals surface area contributed by atoms with Crippen molar-refractivity contribution in [3.05, 3.63) is 12.2 Å². The molecule has 0 aromatic carbocycles. The van der Waals surface area contributed by atoms with Crippen LogP contribution in [-0.2, 0) is 13.6 Å². The molecule has 4 nitrogen and oxygen atoms in total. The number of hydrogen-bond acceptors (Lipinski definition) is 4. The molecule has 1 aliphatic rings. The second-order valence-corrected chi connectivity index (χ2v) is 5.60. The fraction of sp³-hybridized carbons (Fsp3) is 0.818. The molecule has 2 unspecified atom stereocenters. The van der Waals surface area contributed by atoms with E-state index in [9.17, 15) is 0 Å². The van der Waals surface area contributed by atoms with Crippen LogP contribution in [0.25, 0.3) is 0 Å². The topological polar surface area (TPSA) is 42.7 Å².